The van der Waals surface area contributed by atoms with Crippen LogP contribution in [0.2, 0.25) is 10.0 Å². The lowest BCUT2D eigenvalue weighted by atomic mass is 10.1. The Morgan fingerprint density at radius 3 is 2.72 bits per heavy atom. The Balaban J connectivity index is 1.64. The molecule has 2 aromatic heterocycles. The Morgan fingerprint density at radius 2 is 2.03 bits per heavy atom. The van der Waals surface area contributed by atoms with Crippen molar-refractivity contribution in [1.82, 2.24) is 15.3 Å². The average molecular weight is 470 g/mol. The van der Waals surface area contributed by atoms with Crippen LogP contribution in [0.1, 0.15) is 41.7 Å². The fourth-order valence-electron chi connectivity index (χ4n) is 2.91. The lowest BCUT2D eigenvalue weighted by Gasteiger charge is -2.18. The summed E-state index contributed by atoms with van der Waals surface area (Å²) in [4.78, 5) is 34.2. The van der Waals surface area contributed by atoms with Gasteiger partial charge in [-0.25, -0.2) is 4.98 Å². The highest BCUT2D eigenvalue weighted by molar-refractivity contribution is 7.99. The minimum atomic E-state index is -0.323. The van der Waals surface area contributed by atoms with E-state index in [4.69, 9.17) is 23.2 Å². The summed E-state index contributed by atoms with van der Waals surface area (Å²) in [7, 11) is 0. The topological polar surface area (TPSA) is 74.8 Å². The van der Waals surface area contributed by atoms with Gasteiger partial charge in [-0.05, 0) is 51.0 Å². The number of hydrogen-bond donors (Lipinski definition) is 2. The molecule has 5 nitrogen and oxygen atoms in total. The van der Waals surface area contributed by atoms with Gasteiger partial charge >= 0.3 is 0 Å². The molecule has 154 valence electrons. The molecule has 0 bridgehead atoms. The summed E-state index contributed by atoms with van der Waals surface area (Å²) in [6.45, 7) is 7.61. The number of hydrogen-bond acceptors (Lipinski definition) is 5. The maximum absolute atomic E-state index is 12.6. The number of rotatable bonds is 6. The molecule has 3 rings (SSSR count). The summed E-state index contributed by atoms with van der Waals surface area (Å²) < 4.78 is 0. The lowest BCUT2D eigenvalue weighted by molar-refractivity contribution is -0.120. The molecule has 0 saturated heterocycles. The van der Waals surface area contributed by atoms with Gasteiger partial charge < -0.3 is 10.3 Å². The van der Waals surface area contributed by atoms with Crippen LogP contribution in [0, 0.1) is 13.8 Å². The van der Waals surface area contributed by atoms with Crippen molar-refractivity contribution >= 4 is 62.4 Å². The van der Waals surface area contributed by atoms with Crippen molar-refractivity contribution in [2.75, 3.05) is 0 Å². The van der Waals surface area contributed by atoms with Crippen molar-refractivity contribution in [3.05, 3.63) is 60.4 Å². The van der Waals surface area contributed by atoms with Gasteiger partial charge in [-0.15, -0.1) is 23.1 Å². The zero-order chi connectivity index (χ0) is 21.3. The number of aryl methyl sites for hydroxylation is 2. The third-order valence-corrected chi connectivity index (χ3v) is 7.53. The fraction of sp³-hybridized carbons (Fsp3) is 0.350. The Kier molecular flexibility index (Phi) is 6.94. The second-order valence-corrected chi connectivity index (χ2v) is 10.2. The van der Waals surface area contributed by atoms with Crippen molar-refractivity contribution < 1.29 is 4.79 Å². The average Bonchev–Trinajstić information content (AvgIpc) is 2.93. The van der Waals surface area contributed by atoms with Gasteiger partial charge in [0.1, 0.15) is 10.7 Å². The van der Waals surface area contributed by atoms with E-state index < -0.39 is 0 Å². The largest absolute Gasteiger partial charge is 0.349 e. The van der Waals surface area contributed by atoms with Crippen LogP contribution in [0.25, 0.3) is 10.2 Å². The van der Waals surface area contributed by atoms with Crippen LogP contribution >= 0.6 is 46.3 Å². The van der Waals surface area contributed by atoms with E-state index in [1.54, 1.807) is 12.1 Å². The van der Waals surface area contributed by atoms with E-state index in [0.717, 1.165) is 20.8 Å². The van der Waals surface area contributed by atoms with Gasteiger partial charge in [0.25, 0.3) is 5.56 Å². The van der Waals surface area contributed by atoms with Crippen molar-refractivity contribution in [2.45, 2.75) is 44.7 Å². The summed E-state index contributed by atoms with van der Waals surface area (Å²) in [6.07, 6.45) is 0. The predicted molar refractivity (Wildman–Crippen MR) is 123 cm³/mol. The van der Waals surface area contributed by atoms with Crippen molar-refractivity contribution in [1.29, 1.82) is 0 Å². The predicted octanol–water partition coefficient (Wildman–Crippen LogP) is 5.41. The number of H-pyrrole nitrogens is 1. The number of amides is 1. The molecule has 9 heteroatoms. The van der Waals surface area contributed by atoms with Gasteiger partial charge in [0, 0.05) is 14.9 Å². The molecule has 0 aliphatic carbocycles. The summed E-state index contributed by atoms with van der Waals surface area (Å²) in [5.74, 6) is 0.896. The summed E-state index contributed by atoms with van der Waals surface area (Å²) >= 11 is 15.1. The molecule has 0 spiro atoms. The minimum Gasteiger partial charge on any atom is -0.349 e. The Bertz CT molecular complexity index is 1130. The molecule has 1 amide bonds. The third kappa shape index (κ3) is 4.97. The van der Waals surface area contributed by atoms with Gasteiger partial charge in [-0.2, -0.15) is 0 Å². The van der Waals surface area contributed by atoms with Gasteiger partial charge in [0.05, 0.1) is 22.4 Å². The zero-order valence-electron chi connectivity index (χ0n) is 16.4. The van der Waals surface area contributed by atoms with E-state index >= 15 is 0 Å². The number of nitrogens with zero attached hydrogens (tertiary/aromatic N) is 1. The first-order chi connectivity index (χ1) is 13.7. The molecule has 3 aromatic rings. The standard InChI is InChI=1S/C20H21Cl2N3O2S2/c1-9-11(3)29-20-17(9)19(27)24-16(25-20)8-28-12(4)18(26)23-10(2)14-6-5-13(21)7-15(14)22/h5-7,10,12H,8H2,1-4H3,(H,23,26)(H,24,25,27)/t10-,12-/m1/s1. The van der Waals surface area contributed by atoms with E-state index in [0.29, 0.717) is 27.0 Å². The monoisotopic (exact) mass is 469 g/mol. The first-order valence-corrected chi connectivity index (χ1v) is 11.6. The van der Waals surface area contributed by atoms with Gasteiger partial charge in [0.15, 0.2) is 0 Å². The third-order valence-electron chi connectivity index (χ3n) is 4.72. The maximum atomic E-state index is 12.6. The van der Waals surface area contributed by atoms with Crippen LogP contribution < -0.4 is 10.9 Å². The maximum Gasteiger partial charge on any atom is 0.259 e. The van der Waals surface area contributed by atoms with E-state index in [-0.39, 0.29) is 22.8 Å². The Morgan fingerprint density at radius 1 is 1.31 bits per heavy atom. The SMILES string of the molecule is Cc1sc2nc(CS[C@H](C)C(=O)N[C@H](C)c3ccc(Cl)cc3Cl)[nH]c(=O)c2c1C. The number of nitrogens with one attached hydrogen (secondary N) is 2. The normalized spacial score (nSPS) is 13.4. The lowest BCUT2D eigenvalue weighted by Crippen LogP contribution is -2.33. The highest BCUT2D eigenvalue weighted by atomic mass is 35.5. The second kappa shape index (κ2) is 9.08. The van der Waals surface area contributed by atoms with Crippen molar-refractivity contribution in [2.24, 2.45) is 0 Å². The van der Waals surface area contributed by atoms with Crippen LogP contribution in [-0.2, 0) is 10.5 Å². The number of fused-ring (bicyclic) bond motifs is 1. The number of thioether (sulfide) groups is 1. The Hall–Kier alpha value is -1.54. The number of benzene rings is 1. The van der Waals surface area contributed by atoms with E-state index in [1.165, 1.54) is 23.1 Å². The smallest absolute Gasteiger partial charge is 0.259 e. The highest BCUT2D eigenvalue weighted by Crippen LogP contribution is 2.28. The summed E-state index contributed by atoms with van der Waals surface area (Å²) in [6, 6.07) is 4.96. The molecule has 2 atom stereocenters. The first-order valence-electron chi connectivity index (χ1n) is 9.03. The van der Waals surface area contributed by atoms with Crippen LogP contribution in [0.4, 0.5) is 0 Å². The number of aromatic nitrogens is 2. The summed E-state index contributed by atoms with van der Waals surface area (Å²) in [5, 5.41) is 4.36. The molecule has 1 aromatic carbocycles. The zero-order valence-corrected chi connectivity index (χ0v) is 19.6. The minimum absolute atomic E-state index is 0.111. The van der Waals surface area contributed by atoms with Crippen molar-refractivity contribution in [3.8, 4) is 0 Å². The number of carbonyl (C=O) groups excluding carboxylic acids is 1. The van der Waals surface area contributed by atoms with Gasteiger partial charge in [-0.3, -0.25) is 9.59 Å². The summed E-state index contributed by atoms with van der Waals surface area (Å²) in [5.41, 5.74) is 1.65. The number of thiophene rings is 1. The van der Waals surface area contributed by atoms with E-state index in [9.17, 15) is 9.59 Å². The van der Waals surface area contributed by atoms with Crippen LogP contribution in [-0.4, -0.2) is 21.1 Å². The molecular weight excluding hydrogens is 449 g/mol. The molecule has 0 aliphatic rings. The van der Waals surface area contributed by atoms with Crippen LogP contribution in [0.15, 0.2) is 23.0 Å². The fourth-order valence-corrected chi connectivity index (χ4v) is 5.29. The first kappa shape index (κ1) is 22.2. The highest BCUT2D eigenvalue weighted by Gasteiger charge is 2.19. The molecule has 0 radical (unpaired) electrons. The quantitative estimate of drug-likeness (QED) is 0.506. The van der Waals surface area contributed by atoms with Gasteiger partial charge in [0.2, 0.25) is 5.91 Å². The molecule has 0 unspecified atom stereocenters. The number of halogens is 2. The molecule has 2 heterocycles. The van der Waals surface area contributed by atoms with Crippen LogP contribution in [0.3, 0.4) is 0 Å². The second-order valence-electron chi connectivity index (χ2n) is 6.83. The number of aromatic amines is 1. The van der Waals surface area contributed by atoms with Gasteiger partial charge in [-0.1, -0.05) is 29.3 Å². The molecule has 0 aliphatic heterocycles. The van der Waals surface area contributed by atoms with E-state index in [1.807, 2.05) is 33.8 Å². The molecule has 29 heavy (non-hydrogen) atoms. The molecular formula is C20H21Cl2N3O2S2. The molecule has 0 saturated carbocycles. The molecule has 2 N–H and O–H groups in total. The Labute approximate surface area is 187 Å². The van der Waals surface area contributed by atoms with Crippen LogP contribution in [0.5, 0.6) is 0 Å². The van der Waals surface area contributed by atoms with E-state index in [2.05, 4.69) is 15.3 Å². The molecule has 0 fully saturated rings. The van der Waals surface area contributed by atoms with Crippen molar-refractivity contribution in [3.63, 3.8) is 0 Å². The number of carbonyl (C=O) groups is 1.